The number of nitrogens with zero attached hydrogens (tertiary/aromatic N) is 4. The summed E-state index contributed by atoms with van der Waals surface area (Å²) in [7, 11) is 1.69. The third-order valence-corrected chi connectivity index (χ3v) is 8.04. The zero-order valence-corrected chi connectivity index (χ0v) is 19.8. The first-order chi connectivity index (χ1) is 15.6. The van der Waals surface area contributed by atoms with Crippen molar-refractivity contribution in [1.29, 1.82) is 0 Å². The number of amides is 1. The summed E-state index contributed by atoms with van der Waals surface area (Å²) >= 11 is 3.17. The summed E-state index contributed by atoms with van der Waals surface area (Å²) in [5.74, 6) is 0.735. The summed E-state index contributed by atoms with van der Waals surface area (Å²) in [5, 5.41) is 4.59. The van der Waals surface area contributed by atoms with Crippen LogP contribution in [0.1, 0.15) is 15.4 Å². The van der Waals surface area contributed by atoms with Crippen LogP contribution in [0.3, 0.4) is 0 Å². The monoisotopic (exact) mass is 467 g/mol. The topological polar surface area (TPSA) is 70.6 Å². The molecule has 0 bridgehead atoms. The van der Waals surface area contributed by atoms with Crippen molar-refractivity contribution in [2.75, 3.05) is 51.3 Å². The van der Waals surface area contributed by atoms with Crippen LogP contribution >= 0.6 is 22.7 Å². The summed E-state index contributed by atoms with van der Waals surface area (Å²) in [5.41, 5.74) is 3.06. The Labute approximate surface area is 194 Å². The fourth-order valence-electron chi connectivity index (χ4n) is 3.93. The average Bonchev–Trinajstić information content (AvgIpc) is 3.45. The van der Waals surface area contributed by atoms with E-state index in [-0.39, 0.29) is 5.91 Å². The third-order valence-electron chi connectivity index (χ3n) is 5.76. The number of fused-ring (bicyclic) bond motifs is 2. The molecule has 1 N–H and O–H groups in total. The van der Waals surface area contributed by atoms with E-state index in [1.165, 1.54) is 21.6 Å². The van der Waals surface area contributed by atoms with Crippen LogP contribution < -0.4 is 15.0 Å². The van der Waals surface area contributed by atoms with Crippen molar-refractivity contribution in [1.82, 2.24) is 20.2 Å². The second-order valence-electron chi connectivity index (χ2n) is 7.83. The number of methoxy groups -OCH3 is 1. The van der Waals surface area contributed by atoms with Gasteiger partial charge in [0.1, 0.15) is 11.3 Å². The third kappa shape index (κ3) is 4.15. The minimum Gasteiger partial charge on any atom is -0.494 e. The van der Waals surface area contributed by atoms with Crippen LogP contribution in [0.15, 0.2) is 36.4 Å². The molecular weight excluding hydrogens is 442 g/mol. The molecular formula is C23H25N5O2S2. The van der Waals surface area contributed by atoms with Gasteiger partial charge in [0.25, 0.3) is 5.91 Å². The minimum absolute atomic E-state index is 0.0939. The Morgan fingerprint density at radius 2 is 1.91 bits per heavy atom. The Morgan fingerprint density at radius 1 is 1.09 bits per heavy atom. The van der Waals surface area contributed by atoms with Crippen molar-refractivity contribution >= 4 is 54.1 Å². The number of piperazine rings is 1. The highest BCUT2D eigenvalue weighted by Gasteiger charge is 2.21. The molecule has 4 aromatic rings. The number of nitrogens with one attached hydrogen (secondary N) is 1. The van der Waals surface area contributed by atoms with E-state index in [1.807, 2.05) is 30.3 Å². The van der Waals surface area contributed by atoms with Crippen molar-refractivity contribution in [3.8, 4) is 5.75 Å². The lowest BCUT2D eigenvalue weighted by Gasteiger charge is -2.34. The Bertz CT molecular complexity index is 1230. The van der Waals surface area contributed by atoms with Crippen LogP contribution in [0.5, 0.6) is 5.75 Å². The Hall–Kier alpha value is -2.75. The lowest BCUT2D eigenvalue weighted by molar-refractivity contribution is 0.0947. The number of aromatic nitrogens is 2. The highest BCUT2D eigenvalue weighted by Crippen LogP contribution is 2.36. The van der Waals surface area contributed by atoms with Crippen molar-refractivity contribution < 1.29 is 9.53 Å². The molecule has 0 saturated carbocycles. The number of ether oxygens (including phenoxy) is 1. The summed E-state index contributed by atoms with van der Waals surface area (Å²) in [6.45, 7) is 7.31. The van der Waals surface area contributed by atoms with Gasteiger partial charge < -0.3 is 15.0 Å². The molecule has 0 aliphatic carbocycles. The van der Waals surface area contributed by atoms with E-state index in [2.05, 4.69) is 33.1 Å². The Kier molecular flexibility index (Phi) is 5.95. The number of hydrogen-bond acceptors (Lipinski definition) is 8. The minimum atomic E-state index is -0.0939. The highest BCUT2D eigenvalue weighted by molar-refractivity contribution is 7.22. The lowest BCUT2D eigenvalue weighted by atomic mass is 10.2. The van der Waals surface area contributed by atoms with E-state index in [9.17, 15) is 4.79 Å². The van der Waals surface area contributed by atoms with Gasteiger partial charge in [-0.2, -0.15) is 0 Å². The molecule has 1 fully saturated rings. The van der Waals surface area contributed by atoms with E-state index in [4.69, 9.17) is 9.72 Å². The van der Waals surface area contributed by atoms with Crippen molar-refractivity contribution in [3.05, 3.63) is 47.0 Å². The molecule has 2 aromatic heterocycles. The number of benzene rings is 2. The van der Waals surface area contributed by atoms with Gasteiger partial charge in [0, 0.05) is 39.3 Å². The predicted octanol–water partition coefficient (Wildman–Crippen LogP) is 3.78. The predicted molar refractivity (Wildman–Crippen MR) is 132 cm³/mol. The fourth-order valence-corrected chi connectivity index (χ4v) is 5.92. The van der Waals surface area contributed by atoms with Crippen LogP contribution in [0.25, 0.3) is 20.4 Å². The molecule has 32 heavy (non-hydrogen) atoms. The first kappa shape index (κ1) is 21.1. The number of carbonyl (C=O) groups is 1. The quantitative estimate of drug-likeness (QED) is 0.465. The van der Waals surface area contributed by atoms with Crippen LogP contribution in [0.2, 0.25) is 0 Å². The number of rotatable bonds is 6. The molecule has 0 atom stereocenters. The largest absolute Gasteiger partial charge is 0.494 e. The van der Waals surface area contributed by atoms with Gasteiger partial charge in [-0.15, -0.1) is 11.3 Å². The standard InChI is InChI=1S/C23H25N5O2S2/c1-15-7-8-17(30-2)19-20(15)32-23(26-19)28-13-11-27(12-14-28)10-9-24-21(29)22-25-16-5-3-4-6-18(16)31-22/h3-8H,9-14H2,1-2H3,(H,24,29). The van der Waals surface area contributed by atoms with E-state index in [0.717, 1.165) is 59.3 Å². The van der Waals surface area contributed by atoms with Gasteiger partial charge in [0.15, 0.2) is 10.1 Å². The van der Waals surface area contributed by atoms with Gasteiger partial charge >= 0.3 is 0 Å². The molecule has 0 radical (unpaired) electrons. The van der Waals surface area contributed by atoms with Crippen LogP contribution in [-0.4, -0.2) is 67.2 Å². The van der Waals surface area contributed by atoms with Gasteiger partial charge in [-0.05, 0) is 30.7 Å². The second kappa shape index (κ2) is 9.01. The zero-order chi connectivity index (χ0) is 22.1. The zero-order valence-electron chi connectivity index (χ0n) is 18.1. The maximum atomic E-state index is 12.5. The van der Waals surface area contributed by atoms with Gasteiger partial charge in [-0.1, -0.05) is 29.5 Å². The van der Waals surface area contributed by atoms with Crippen LogP contribution in [0, 0.1) is 6.92 Å². The molecule has 0 unspecified atom stereocenters. The van der Waals surface area contributed by atoms with Crippen molar-refractivity contribution in [3.63, 3.8) is 0 Å². The van der Waals surface area contributed by atoms with E-state index >= 15 is 0 Å². The summed E-state index contributed by atoms with van der Waals surface area (Å²) in [4.78, 5) is 26.5. The first-order valence-corrected chi connectivity index (χ1v) is 12.3. The number of hydrogen-bond donors (Lipinski definition) is 1. The van der Waals surface area contributed by atoms with E-state index < -0.39 is 0 Å². The first-order valence-electron chi connectivity index (χ1n) is 10.7. The highest BCUT2D eigenvalue weighted by atomic mass is 32.1. The number of aryl methyl sites for hydroxylation is 1. The average molecular weight is 468 g/mol. The van der Waals surface area contributed by atoms with E-state index in [0.29, 0.717) is 11.6 Å². The maximum absolute atomic E-state index is 12.5. The maximum Gasteiger partial charge on any atom is 0.280 e. The second-order valence-corrected chi connectivity index (χ2v) is 9.84. The fraction of sp³-hybridized carbons (Fsp3) is 0.348. The summed E-state index contributed by atoms with van der Waals surface area (Å²) in [6.07, 6.45) is 0. The van der Waals surface area contributed by atoms with Crippen LogP contribution in [0.4, 0.5) is 5.13 Å². The molecule has 1 aliphatic rings. The Balaban J connectivity index is 1.14. The number of thiazole rings is 2. The molecule has 5 rings (SSSR count). The summed E-state index contributed by atoms with van der Waals surface area (Å²) < 4.78 is 7.72. The molecule has 166 valence electrons. The van der Waals surface area contributed by atoms with Crippen molar-refractivity contribution in [2.24, 2.45) is 0 Å². The normalized spacial score (nSPS) is 14.9. The van der Waals surface area contributed by atoms with Gasteiger partial charge in [-0.25, -0.2) is 9.97 Å². The molecule has 1 saturated heterocycles. The smallest absolute Gasteiger partial charge is 0.280 e. The van der Waals surface area contributed by atoms with Crippen LogP contribution in [-0.2, 0) is 0 Å². The molecule has 3 heterocycles. The molecule has 7 nitrogen and oxygen atoms in total. The SMILES string of the molecule is COc1ccc(C)c2sc(N3CCN(CCNC(=O)c4nc5ccccc5s4)CC3)nc12. The van der Waals surface area contributed by atoms with Gasteiger partial charge in [0.05, 0.1) is 22.0 Å². The lowest BCUT2D eigenvalue weighted by Crippen LogP contribution is -2.48. The summed E-state index contributed by atoms with van der Waals surface area (Å²) in [6, 6.07) is 11.9. The molecule has 9 heteroatoms. The molecule has 2 aromatic carbocycles. The number of para-hydroxylation sites is 1. The van der Waals surface area contributed by atoms with Crippen molar-refractivity contribution in [2.45, 2.75) is 6.92 Å². The Morgan fingerprint density at radius 3 is 2.69 bits per heavy atom. The number of carbonyl (C=O) groups excluding carboxylic acids is 1. The van der Waals surface area contributed by atoms with Gasteiger partial charge in [-0.3, -0.25) is 9.69 Å². The molecule has 0 spiro atoms. The van der Waals surface area contributed by atoms with E-state index in [1.54, 1.807) is 18.4 Å². The number of anilines is 1. The van der Waals surface area contributed by atoms with Gasteiger partial charge in [0.2, 0.25) is 0 Å². The molecule has 1 aliphatic heterocycles. The molecule has 1 amide bonds.